The van der Waals surface area contributed by atoms with Gasteiger partial charge >= 0.3 is 11.9 Å². The van der Waals surface area contributed by atoms with Gasteiger partial charge in [-0.15, -0.1) is 0 Å². The van der Waals surface area contributed by atoms with E-state index in [4.69, 9.17) is 36.1 Å². The van der Waals surface area contributed by atoms with E-state index in [0.29, 0.717) is 16.3 Å². The lowest BCUT2D eigenvalue weighted by molar-refractivity contribution is -0.179. The van der Waals surface area contributed by atoms with Gasteiger partial charge in [0.2, 0.25) is 11.8 Å². The number of halogens is 1. The van der Waals surface area contributed by atoms with Crippen LogP contribution in [0.1, 0.15) is 70.3 Å². The molecule has 2 aromatic rings. The van der Waals surface area contributed by atoms with Gasteiger partial charge in [-0.2, -0.15) is 0 Å². The molecule has 14 heteroatoms. The van der Waals surface area contributed by atoms with Crippen molar-refractivity contribution in [2.24, 2.45) is 22.4 Å². The van der Waals surface area contributed by atoms with Gasteiger partial charge in [-0.25, -0.2) is 4.79 Å². The standard InChI is InChI=1S/C37H46ClN5O8/c1-21(2)16-30-35(46)49-28(22(3)32-33(51-32)25-13-10-23(11-14-25)19-41-43-39)8-7-9-31(44)42-27(18-24-12-15-29(48-6)26(38)17-24)34(45)40-20-37(4,5)36(47)50-30/h7,9-15,17,21-22,27-28,30,32-33H,8,16,18-20H2,1-6H3,(H,40,45)(H,42,44)/t22-,27+,28-,30-,32-,33-/m0/s1. The minimum atomic E-state index is -1.22. The number of carbonyl (C=O) groups is 4. The number of methoxy groups -OCH3 is 1. The molecule has 0 bridgehead atoms. The molecular weight excluding hydrogens is 678 g/mol. The molecule has 2 aliphatic heterocycles. The summed E-state index contributed by atoms with van der Waals surface area (Å²) in [5.41, 5.74) is 9.84. The van der Waals surface area contributed by atoms with Crippen molar-refractivity contribution in [3.8, 4) is 5.75 Å². The number of nitrogens with zero attached hydrogens (tertiary/aromatic N) is 3. The molecular formula is C37H46ClN5O8. The molecule has 2 N–H and O–H groups in total. The van der Waals surface area contributed by atoms with Crippen LogP contribution in [-0.4, -0.2) is 61.8 Å². The van der Waals surface area contributed by atoms with Gasteiger partial charge in [-0.1, -0.05) is 73.9 Å². The molecule has 0 aromatic heterocycles. The number of epoxide rings is 1. The van der Waals surface area contributed by atoms with E-state index < -0.39 is 47.4 Å². The van der Waals surface area contributed by atoms with Crippen LogP contribution in [0, 0.1) is 17.3 Å². The second-order valence-corrected chi connectivity index (χ2v) is 14.4. The summed E-state index contributed by atoms with van der Waals surface area (Å²) >= 11 is 6.33. The SMILES string of the molecule is COc1ccc(C[C@H]2NC(=O)C=CC[C@@H]([C@H](C)[C@@H]3O[C@H]3c3ccc(CN=[N+]=[N-])cc3)OC(=O)[C@H](CC(C)C)OC(=O)C(C)(C)CNC2=O)cc1Cl. The topological polar surface area (TPSA) is 181 Å². The van der Waals surface area contributed by atoms with Crippen molar-refractivity contribution in [1.29, 1.82) is 0 Å². The molecule has 0 saturated carbocycles. The Labute approximate surface area is 303 Å². The fourth-order valence-corrected chi connectivity index (χ4v) is 6.03. The normalized spacial score (nSPS) is 24.7. The third kappa shape index (κ3) is 11.0. The Kier molecular flexibility index (Phi) is 13.5. The fourth-order valence-electron chi connectivity index (χ4n) is 5.75. The third-order valence-corrected chi connectivity index (χ3v) is 9.20. The maximum absolute atomic E-state index is 13.7. The molecule has 4 rings (SSSR count). The summed E-state index contributed by atoms with van der Waals surface area (Å²) in [5.74, 6) is -2.28. The fraction of sp³-hybridized carbons (Fsp3) is 0.514. The molecule has 2 aromatic carbocycles. The zero-order chi connectivity index (χ0) is 37.3. The Bertz CT molecular complexity index is 1660. The number of hydrogen-bond acceptors (Lipinski definition) is 9. The molecule has 2 aliphatic rings. The minimum Gasteiger partial charge on any atom is -0.495 e. The highest BCUT2D eigenvalue weighted by molar-refractivity contribution is 6.32. The Balaban J connectivity index is 1.59. The van der Waals surface area contributed by atoms with E-state index in [2.05, 4.69) is 20.7 Å². The number of rotatable bonds is 10. The first kappa shape index (κ1) is 39.2. The lowest BCUT2D eigenvalue weighted by Crippen LogP contribution is -2.51. The summed E-state index contributed by atoms with van der Waals surface area (Å²) in [6.45, 7) is 9.04. The van der Waals surface area contributed by atoms with Crippen molar-refractivity contribution in [2.75, 3.05) is 13.7 Å². The Morgan fingerprint density at radius 1 is 1.06 bits per heavy atom. The Morgan fingerprint density at radius 2 is 1.76 bits per heavy atom. The van der Waals surface area contributed by atoms with Crippen LogP contribution >= 0.6 is 11.6 Å². The van der Waals surface area contributed by atoms with E-state index >= 15 is 0 Å². The van der Waals surface area contributed by atoms with Crippen LogP contribution in [0.2, 0.25) is 5.02 Å². The zero-order valence-corrected chi connectivity index (χ0v) is 30.5. The van der Waals surface area contributed by atoms with Crippen LogP contribution in [0.25, 0.3) is 10.4 Å². The largest absolute Gasteiger partial charge is 0.495 e. The summed E-state index contributed by atoms with van der Waals surface area (Å²) in [6, 6.07) is 11.6. The summed E-state index contributed by atoms with van der Waals surface area (Å²) in [7, 11) is 1.50. The van der Waals surface area contributed by atoms with Crippen LogP contribution in [0.5, 0.6) is 5.75 Å². The lowest BCUT2D eigenvalue weighted by Gasteiger charge is -2.29. The molecule has 1 fully saturated rings. The van der Waals surface area contributed by atoms with Crippen molar-refractivity contribution < 1.29 is 38.1 Å². The van der Waals surface area contributed by atoms with Crippen molar-refractivity contribution in [3.05, 3.63) is 86.8 Å². The first-order chi connectivity index (χ1) is 24.2. The summed E-state index contributed by atoms with van der Waals surface area (Å²) in [6.07, 6.45) is 0.905. The molecule has 0 radical (unpaired) electrons. The van der Waals surface area contributed by atoms with Crippen molar-refractivity contribution >= 4 is 35.4 Å². The molecule has 13 nitrogen and oxygen atoms in total. The molecule has 0 unspecified atom stereocenters. The summed E-state index contributed by atoms with van der Waals surface area (Å²) < 4.78 is 23.1. The average molecular weight is 724 g/mol. The van der Waals surface area contributed by atoms with Gasteiger partial charge in [0, 0.05) is 30.2 Å². The van der Waals surface area contributed by atoms with Gasteiger partial charge in [-0.3, -0.25) is 14.4 Å². The van der Waals surface area contributed by atoms with Crippen LogP contribution in [0.4, 0.5) is 0 Å². The highest BCUT2D eigenvalue weighted by Crippen LogP contribution is 2.45. The van der Waals surface area contributed by atoms with Gasteiger partial charge in [0.05, 0.1) is 30.2 Å². The number of hydrogen-bond donors (Lipinski definition) is 2. The van der Waals surface area contributed by atoms with Crippen LogP contribution in [0.15, 0.2) is 59.7 Å². The predicted molar refractivity (Wildman–Crippen MR) is 189 cm³/mol. The first-order valence-corrected chi connectivity index (χ1v) is 17.3. The highest BCUT2D eigenvalue weighted by Gasteiger charge is 2.48. The number of carbonyl (C=O) groups excluding carboxylic acids is 4. The van der Waals surface area contributed by atoms with E-state index in [1.165, 1.54) is 13.2 Å². The van der Waals surface area contributed by atoms with Crippen LogP contribution in [-0.2, 0) is 46.4 Å². The molecule has 0 aliphatic carbocycles. The number of esters is 2. The van der Waals surface area contributed by atoms with Gasteiger partial charge in [0.25, 0.3) is 0 Å². The van der Waals surface area contributed by atoms with Gasteiger partial charge in [-0.05, 0) is 66.6 Å². The average Bonchev–Trinajstić information content (AvgIpc) is 3.89. The van der Waals surface area contributed by atoms with Gasteiger partial charge < -0.3 is 29.6 Å². The van der Waals surface area contributed by atoms with E-state index in [9.17, 15) is 19.2 Å². The second kappa shape index (κ2) is 17.6. The lowest BCUT2D eigenvalue weighted by atomic mass is 9.92. The number of benzene rings is 2. The molecule has 0 spiro atoms. The molecule has 6 atom stereocenters. The number of nitrogens with one attached hydrogen (secondary N) is 2. The quantitative estimate of drug-likeness (QED) is 0.0994. The van der Waals surface area contributed by atoms with E-state index in [0.717, 1.165) is 11.1 Å². The second-order valence-electron chi connectivity index (χ2n) is 14.0. The summed E-state index contributed by atoms with van der Waals surface area (Å²) in [4.78, 5) is 56.6. The highest BCUT2D eigenvalue weighted by atomic mass is 35.5. The molecule has 1 saturated heterocycles. The predicted octanol–water partition coefficient (Wildman–Crippen LogP) is 5.93. The number of amides is 2. The summed E-state index contributed by atoms with van der Waals surface area (Å²) in [5, 5.41) is 9.47. The van der Waals surface area contributed by atoms with Gasteiger partial charge in [0.15, 0.2) is 6.10 Å². The first-order valence-electron chi connectivity index (χ1n) is 17.0. The van der Waals surface area contributed by atoms with E-state index in [-0.39, 0.29) is 56.4 Å². The molecule has 274 valence electrons. The van der Waals surface area contributed by atoms with Crippen molar-refractivity contribution in [2.45, 2.75) is 90.9 Å². The number of ether oxygens (including phenoxy) is 4. The molecule has 51 heavy (non-hydrogen) atoms. The number of cyclic esters (lactones) is 2. The monoisotopic (exact) mass is 723 g/mol. The van der Waals surface area contributed by atoms with Gasteiger partial charge in [0.1, 0.15) is 24.0 Å². The maximum Gasteiger partial charge on any atom is 0.347 e. The molecule has 2 amide bonds. The minimum absolute atomic E-state index is 0.00610. The van der Waals surface area contributed by atoms with E-state index in [1.54, 1.807) is 38.1 Å². The van der Waals surface area contributed by atoms with Crippen LogP contribution in [0.3, 0.4) is 0 Å². The number of azide groups is 1. The van der Waals surface area contributed by atoms with E-state index in [1.807, 2.05) is 45.0 Å². The van der Waals surface area contributed by atoms with Crippen molar-refractivity contribution in [3.63, 3.8) is 0 Å². The zero-order valence-electron chi connectivity index (χ0n) is 29.8. The smallest absolute Gasteiger partial charge is 0.347 e. The Morgan fingerprint density at radius 3 is 2.41 bits per heavy atom. The third-order valence-electron chi connectivity index (χ3n) is 8.90. The maximum atomic E-state index is 13.7. The Hall–Kier alpha value is -4.58. The van der Waals surface area contributed by atoms with Crippen LogP contribution < -0.4 is 15.4 Å². The molecule has 2 heterocycles. The van der Waals surface area contributed by atoms with Crippen molar-refractivity contribution in [1.82, 2.24) is 10.6 Å².